The van der Waals surface area contributed by atoms with Crippen LogP contribution in [-0.2, 0) is 12.8 Å². The molecule has 0 aliphatic heterocycles. The van der Waals surface area contributed by atoms with Gasteiger partial charge in [0.2, 0.25) is 5.78 Å². The molecule has 19 heavy (non-hydrogen) atoms. The van der Waals surface area contributed by atoms with Crippen LogP contribution >= 0.6 is 0 Å². The fraction of sp³-hybridized carbons (Fsp3) is 0.375. The zero-order valence-corrected chi connectivity index (χ0v) is 11.0. The normalized spacial score (nSPS) is 16.2. The Labute approximate surface area is 112 Å². The summed E-state index contributed by atoms with van der Waals surface area (Å²) in [4.78, 5) is 9.19. The summed E-state index contributed by atoms with van der Waals surface area (Å²) in [6, 6.07) is 8.34. The molecule has 0 radical (unpaired) electrons. The van der Waals surface area contributed by atoms with E-state index in [1.54, 1.807) is 0 Å². The molecule has 1 aliphatic carbocycles. The largest absolute Gasteiger partial charge is 0.280 e. The molecule has 96 valence electrons. The van der Waals surface area contributed by atoms with Gasteiger partial charge in [-0.3, -0.25) is 4.40 Å². The number of aryl methyl sites for hydroxylation is 2. The van der Waals surface area contributed by atoms with E-state index in [9.17, 15) is 0 Å². The van der Waals surface area contributed by atoms with E-state index in [2.05, 4.69) is 32.6 Å². The average molecular weight is 251 g/mol. The van der Waals surface area contributed by atoms with Crippen molar-refractivity contribution in [3.8, 4) is 0 Å². The molecular formula is C16H17N3. The maximum Gasteiger partial charge on any atom is 0.235 e. The summed E-state index contributed by atoms with van der Waals surface area (Å²) >= 11 is 0. The summed E-state index contributed by atoms with van der Waals surface area (Å²) in [6.45, 7) is 0. The fourth-order valence-corrected chi connectivity index (χ4v) is 3.16. The Balaban J connectivity index is 2.06. The molecule has 0 bridgehead atoms. The highest BCUT2D eigenvalue weighted by Crippen LogP contribution is 2.24. The van der Waals surface area contributed by atoms with Crippen LogP contribution in [0.5, 0.6) is 0 Å². The molecule has 0 unspecified atom stereocenters. The van der Waals surface area contributed by atoms with Crippen molar-refractivity contribution in [2.75, 3.05) is 0 Å². The molecule has 4 rings (SSSR count). The van der Waals surface area contributed by atoms with Crippen LogP contribution in [-0.4, -0.2) is 14.4 Å². The number of hydrogen-bond donors (Lipinski definition) is 0. The van der Waals surface area contributed by atoms with Gasteiger partial charge in [-0.15, -0.1) is 0 Å². The van der Waals surface area contributed by atoms with E-state index in [0.717, 1.165) is 24.1 Å². The maximum absolute atomic E-state index is 4.63. The minimum absolute atomic E-state index is 0.848. The lowest BCUT2D eigenvalue weighted by Gasteiger charge is -2.15. The van der Waals surface area contributed by atoms with Crippen molar-refractivity contribution in [1.82, 2.24) is 14.4 Å². The van der Waals surface area contributed by atoms with Gasteiger partial charge in [-0.1, -0.05) is 25.0 Å². The maximum atomic E-state index is 4.63. The summed E-state index contributed by atoms with van der Waals surface area (Å²) in [5.74, 6) is 0.848. The first kappa shape index (κ1) is 11.0. The van der Waals surface area contributed by atoms with E-state index >= 15 is 0 Å². The van der Waals surface area contributed by atoms with E-state index in [1.807, 2.05) is 12.3 Å². The molecule has 0 amide bonds. The van der Waals surface area contributed by atoms with Crippen LogP contribution in [0.25, 0.3) is 16.8 Å². The van der Waals surface area contributed by atoms with Gasteiger partial charge in [-0.05, 0) is 43.4 Å². The Bertz CT molecular complexity index is 742. The Hall–Kier alpha value is -1.90. The predicted octanol–water partition coefficient (Wildman–Crippen LogP) is 3.54. The van der Waals surface area contributed by atoms with E-state index in [0.29, 0.717) is 0 Å². The third kappa shape index (κ3) is 1.72. The van der Waals surface area contributed by atoms with Crippen molar-refractivity contribution in [3.05, 3.63) is 41.7 Å². The van der Waals surface area contributed by atoms with E-state index in [1.165, 1.54) is 42.5 Å². The van der Waals surface area contributed by atoms with Crippen LogP contribution in [0.4, 0.5) is 0 Å². The van der Waals surface area contributed by atoms with Crippen molar-refractivity contribution in [2.24, 2.45) is 0 Å². The van der Waals surface area contributed by atoms with Crippen LogP contribution < -0.4 is 0 Å². The van der Waals surface area contributed by atoms with Gasteiger partial charge >= 0.3 is 0 Å². The predicted molar refractivity (Wildman–Crippen MR) is 76.4 cm³/mol. The Morgan fingerprint density at radius 2 is 1.79 bits per heavy atom. The highest BCUT2D eigenvalue weighted by Gasteiger charge is 2.14. The second-order valence-electron chi connectivity index (χ2n) is 5.38. The zero-order chi connectivity index (χ0) is 12.7. The first-order valence-corrected chi connectivity index (χ1v) is 7.17. The molecule has 3 nitrogen and oxygen atoms in total. The van der Waals surface area contributed by atoms with Gasteiger partial charge < -0.3 is 0 Å². The summed E-state index contributed by atoms with van der Waals surface area (Å²) in [6.07, 6.45) is 9.60. The lowest BCUT2D eigenvalue weighted by molar-refractivity contribution is 0.604. The number of para-hydroxylation sites is 2. The van der Waals surface area contributed by atoms with E-state index in [-0.39, 0.29) is 0 Å². The van der Waals surface area contributed by atoms with Gasteiger partial charge in [0.05, 0.1) is 11.0 Å². The molecule has 0 atom stereocenters. The monoisotopic (exact) mass is 251 g/mol. The van der Waals surface area contributed by atoms with E-state index < -0.39 is 0 Å². The van der Waals surface area contributed by atoms with Gasteiger partial charge in [-0.25, -0.2) is 9.97 Å². The summed E-state index contributed by atoms with van der Waals surface area (Å²) in [5.41, 5.74) is 5.08. The third-order valence-corrected chi connectivity index (χ3v) is 4.13. The first-order valence-electron chi connectivity index (χ1n) is 7.17. The van der Waals surface area contributed by atoms with Crippen molar-refractivity contribution < 1.29 is 0 Å². The highest BCUT2D eigenvalue weighted by molar-refractivity contribution is 5.79. The molecule has 3 aromatic rings. The lowest BCUT2D eigenvalue weighted by atomic mass is 9.98. The fourth-order valence-electron chi connectivity index (χ4n) is 3.16. The SMILES string of the molecule is c1ccc2c(c1)nc1ncc3c(n12)CCCCCC3. The standard InChI is InChI=1S/C16H17N3/c1-2-4-9-14-12(7-3-1)11-17-16-18-13-8-5-6-10-15(13)19(14)16/h5-6,8,10-11H,1-4,7,9H2. The Morgan fingerprint density at radius 3 is 2.74 bits per heavy atom. The van der Waals surface area contributed by atoms with Crippen LogP contribution in [0.15, 0.2) is 30.5 Å². The summed E-state index contributed by atoms with van der Waals surface area (Å²) < 4.78 is 2.27. The second-order valence-corrected chi connectivity index (χ2v) is 5.38. The molecule has 3 heteroatoms. The summed E-state index contributed by atoms with van der Waals surface area (Å²) in [5, 5.41) is 0. The molecule has 0 spiro atoms. The number of imidazole rings is 1. The van der Waals surface area contributed by atoms with Crippen molar-refractivity contribution in [3.63, 3.8) is 0 Å². The van der Waals surface area contributed by atoms with Gasteiger partial charge in [0.25, 0.3) is 0 Å². The van der Waals surface area contributed by atoms with Gasteiger partial charge in [0.1, 0.15) is 0 Å². The smallest absolute Gasteiger partial charge is 0.235 e. The third-order valence-electron chi connectivity index (χ3n) is 4.13. The van der Waals surface area contributed by atoms with Crippen LogP contribution in [0.2, 0.25) is 0 Å². The lowest BCUT2D eigenvalue weighted by Crippen LogP contribution is -2.07. The molecule has 0 fully saturated rings. The van der Waals surface area contributed by atoms with Crippen LogP contribution in [0, 0.1) is 0 Å². The van der Waals surface area contributed by atoms with Crippen LogP contribution in [0.1, 0.15) is 36.9 Å². The number of fused-ring (bicyclic) bond motifs is 5. The highest BCUT2D eigenvalue weighted by atomic mass is 15.1. The molecule has 2 aromatic heterocycles. The quantitative estimate of drug-likeness (QED) is 0.611. The van der Waals surface area contributed by atoms with Gasteiger partial charge in [-0.2, -0.15) is 0 Å². The molecule has 1 aliphatic rings. The van der Waals surface area contributed by atoms with Crippen LogP contribution in [0.3, 0.4) is 0 Å². The molecule has 2 heterocycles. The Kier molecular flexibility index (Phi) is 2.50. The molecule has 1 aromatic carbocycles. The molecule has 0 N–H and O–H groups in total. The number of nitrogens with zero attached hydrogens (tertiary/aromatic N) is 3. The number of rotatable bonds is 0. The number of hydrogen-bond acceptors (Lipinski definition) is 2. The van der Waals surface area contributed by atoms with Crippen molar-refractivity contribution in [2.45, 2.75) is 38.5 Å². The number of benzene rings is 1. The molecule has 0 saturated carbocycles. The van der Waals surface area contributed by atoms with Gasteiger partial charge in [0.15, 0.2) is 0 Å². The summed E-state index contributed by atoms with van der Waals surface area (Å²) in [7, 11) is 0. The second kappa shape index (κ2) is 4.34. The van der Waals surface area contributed by atoms with Crippen molar-refractivity contribution in [1.29, 1.82) is 0 Å². The number of aromatic nitrogens is 3. The molecular weight excluding hydrogens is 234 g/mol. The average Bonchev–Trinajstić information content (AvgIpc) is 2.77. The first-order chi connectivity index (χ1) is 9.43. The minimum atomic E-state index is 0.848. The minimum Gasteiger partial charge on any atom is -0.280 e. The zero-order valence-electron chi connectivity index (χ0n) is 11.0. The Morgan fingerprint density at radius 1 is 0.947 bits per heavy atom. The van der Waals surface area contributed by atoms with Gasteiger partial charge in [0, 0.05) is 11.9 Å². The topological polar surface area (TPSA) is 30.2 Å². The molecule has 0 saturated heterocycles. The van der Waals surface area contributed by atoms with Crippen molar-refractivity contribution >= 4 is 16.8 Å². The van der Waals surface area contributed by atoms with E-state index in [4.69, 9.17) is 0 Å².